The minimum absolute atomic E-state index is 0.124. The van der Waals surface area contributed by atoms with Gasteiger partial charge in [0, 0.05) is 17.9 Å². The Bertz CT molecular complexity index is 928. The van der Waals surface area contributed by atoms with Crippen LogP contribution in [0.15, 0.2) is 52.4 Å². The number of benzene rings is 2. The Hall–Kier alpha value is -2.67. The molecule has 0 radical (unpaired) electrons. The Morgan fingerprint density at radius 2 is 1.93 bits per heavy atom. The molecule has 0 amide bonds. The van der Waals surface area contributed by atoms with E-state index in [4.69, 9.17) is 14.5 Å². The molecule has 7 heteroatoms. The summed E-state index contributed by atoms with van der Waals surface area (Å²) in [5, 5.41) is 0.823. The minimum atomic E-state index is -0.390. The number of para-hydroxylation sites is 2. The molecule has 0 bridgehead atoms. The molecule has 0 aliphatic carbocycles. The topological polar surface area (TPSA) is 60.2 Å². The van der Waals surface area contributed by atoms with Crippen LogP contribution in [0.5, 0.6) is 5.75 Å². The summed E-state index contributed by atoms with van der Waals surface area (Å²) in [6.07, 6.45) is 0.579. The second kappa shape index (κ2) is 9.50. The second-order valence-corrected chi connectivity index (χ2v) is 7.14. The molecule has 0 fully saturated rings. The second-order valence-electron chi connectivity index (χ2n) is 6.09. The highest BCUT2D eigenvalue weighted by atomic mass is 32.2. The van der Waals surface area contributed by atoms with E-state index in [1.54, 1.807) is 13.0 Å². The SMILES string of the molecule is CCOC(=O)CC1=Nc2ccccc2N=C(SCc2ccc(OC)c(F)c2)C1. The van der Waals surface area contributed by atoms with Crippen LogP contribution in [0.2, 0.25) is 0 Å². The summed E-state index contributed by atoms with van der Waals surface area (Å²) < 4.78 is 23.9. The smallest absolute Gasteiger partial charge is 0.311 e. The molecule has 5 nitrogen and oxygen atoms in total. The maximum atomic E-state index is 13.9. The Morgan fingerprint density at radius 1 is 1.18 bits per heavy atom. The molecule has 2 aromatic carbocycles. The lowest BCUT2D eigenvalue weighted by Crippen LogP contribution is -2.13. The lowest BCUT2D eigenvalue weighted by Gasteiger charge is -2.08. The van der Waals surface area contributed by atoms with Crippen molar-refractivity contribution >= 4 is 39.9 Å². The van der Waals surface area contributed by atoms with Gasteiger partial charge in [0.2, 0.25) is 0 Å². The van der Waals surface area contributed by atoms with Crippen molar-refractivity contribution in [3.05, 3.63) is 53.8 Å². The van der Waals surface area contributed by atoms with Gasteiger partial charge in [-0.05, 0) is 36.8 Å². The quantitative estimate of drug-likeness (QED) is 0.623. The van der Waals surface area contributed by atoms with E-state index in [1.165, 1.54) is 24.9 Å². The summed E-state index contributed by atoms with van der Waals surface area (Å²) in [6, 6.07) is 12.4. The molecule has 0 spiro atoms. The Labute approximate surface area is 167 Å². The number of hydrogen-bond acceptors (Lipinski definition) is 6. The zero-order valence-electron chi connectivity index (χ0n) is 15.8. The summed E-state index contributed by atoms with van der Waals surface area (Å²) in [5.41, 5.74) is 3.01. The van der Waals surface area contributed by atoms with Gasteiger partial charge in [-0.3, -0.25) is 9.79 Å². The first-order chi connectivity index (χ1) is 13.6. The number of carbonyl (C=O) groups is 1. The third kappa shape index (κ3) is 5.19. The first kappa shape index (κ1) is 20.1. The number of nitrogens with zero attached hydrogens (tertiary/aromatic N) is 2. The number of hydrogen-bond donors (Lipinski definition) is 0. The van der Waals surface area contributed by atoms with Crippen LogP contribution in [0.3, 0.4) is 0 Å². The zero-order chi connectivity index (χ0) is 19.9. The van der Waals surface area contributed by atoms with Crippen molar-refractivity contribution < 1.29 is 18.7 Å². The summed E-state index contributed by atoms with van der Waals surface area (Å²) >= 11 is 1.50. The van der Waals surface area contributed by atoms with E-state index in [2.05, 4.69) is 4.99 Å². The van der Waals surface area contributed by atoms with Crippen molar-refractivity contribution in [3.63, 3.8) is 0 Å². The fourth-order valence-corrected chi connectivity index (χ4v) is 3.69. The van der Waals surface area contributed by atoms with Crippen molar-refractivity contribution in [1.29, 1.82) is 0 Å². The highest BCUT2D eigenvalue weighted by molar-refractivity contribution is 8.13. The largest absolute Gasteiger partial charge is 0.494 e. The van der Waals surface area contributed by atoms with E-state index < -0.39 is 5.82 Å². The molecular formula is C21H21FN2O3S. The van der Waals surface area contributed by atoms with Crippen LogP contribution < -0.4 is 4.74 Å². The predicted molar refractivity (Wildman–Crippen MR) is 111 cm³/mol. The van der Waals surface area contributed by atoms with Gasteiger partial charge in [0.1, 0.15) is 0 Å². The first-order valence-electron chi connectivity index (χ1n) is 8.93. The van der Waals surface area contributed by atoms with E-state index >= 15 is 0 Å². The summed E-state index contributed by atoms with van der Waals surface area (Å²) in [5.74, 6) is 0.0769. The fourth-order valence-electron chi connectivity index (χ4n) is 2.74. The van der Waals surface area contributed by atoms with Crippen LogP contribution in [0.4, 0.5) is 15.8 Å². The van der Waals surface area contributed by atoms with Crippen LogP contribution in [-0.4, -0.2) is 30.4 Å². The van der Waals surface area contributed by atoms with Crippen LogP contribution in [-0.2, 0) is 15.3 Å². The molecule has 1 heterocycles. The summed E-state index contributed by atoms with van der Waals surface area (Å²) in [7, 11) is 1.44. The number of methoxy groups -OCH3 is 1. The van der Waals surface area contributed by atoms with Gasteiger partial charge >= 0.3 is 5.97 Å². The number of ether oxygens (including phenoxy) is 2. The van der Waals surface area contributed by atoms with E-state index in [0.717, 1.165) is 22.0 Å². The number of esters is 1. The van der Waals surface area contributed by atoms with E-state index in [-0.39, 0.29) is 18.1 Å². The number of rotatable bonds is 6. The molecule has 0 unspecified atom stereocenters. The molecule has 28 heavy (non-hydrogen) atoms. The van der Waals surface area contributed by atoms with Crippen molar-refractivity contribution in [3.8, 4) is 5.75 Å². The Balaban J connectivity index is 1.78. The molecule has 0 atom stereocenters. The summed E-state index contributed by atoms with van der Waals surface area (Å²) in [6.45, 7) is 2.11. The van der Waals surface area contributed by atoms with Gasteiger partial charge in [0.15, 0.2) is 11.6 Å². The third-order valence-corrected chi connectivity index (χ3v) is 5.08. The number of fused-ring (bicyclic) bond motifs is 1. The Morgan fingerprint density at radius 3 is 2.61 bits per heavy atom. The van der Waals surface area contributed by atoms with E-state index in [0.29, 0.717) is 24.5 Å². The molecule has 0 saturated carbocycles. The first-order valence-corrected chi connectivity index (χ1v) is 9.91. The van der Waals surface area contributed by atoms with Crippen LogP contribution in [0, 0.1) is 5.82 Å². The van der Waals surface area contributed by atoms with Gasteiger partial charge in [-0.2, -0.15) is 0 Å². The highest BCUT2D eigenvalue weighted by Crippen LogP contribution is 2.33. The monoisotopic (exact) mass is 400 g/mol. The Kier molecular flexibility index (Phi) is 6.81. The van der Waals surface area contributed by atoms with Crippen molar-refractivity contribution in [2.75, 3.05) is 13.7 Å². The normalized spacial score (nSPS) is 13.1. The average molecular weight is 400 g/mol. The average Bonchev–Trinajstić information content (AvgIpc) is 2.85. The number of halogens is 1. The zero-order valence-corrected chi connectivity index (χ0v) is 16.6. The van der Waals surface area contributed by atoms with E-state index in [9.17, 15) is 9.18 Å². The minimum Gasteiger partial charge on any atom is -0.494 e. The van der Waals surface area contributed by atoms with Gasteiger partial charge in [-0.15, -0.1) is 11.8 Å². The lowest BCUT2D eigenvalue weighted by molar-refractivity contribution is -0.141. The van der Waals surface area contributed by atoms with Crippen molar-refractivity contribution in [1.82, 2.24) is 0 Å². The van der Waals surface area contributed by atoms with Crippen molar-refractivity contribution in [2.24, 2.45) is 9.98 Å². The van der Waals surface area contributed by atoms with Crippen LogP contribution >= 0.6 is 11.8 Å². The van der Waals surface area contributed by atoms with E-state index in [1.807, 2.05) is 30.3 Å². The van der Waals surface area contributed by atoms with Crippen molar-refractivity contribution in [2.45, 2.75) is 25.5 Å². The highest BCUT2D eigenvalue weighted by Gasteiger charge is 2.17. The fraction of sp³-hybridized carbons (Fsp3) is 0.286. The van der Waals surface area contributed by atoms with Gasteiger partial charge < -0.3 is 9.47 Å². The van der Waals surface area contributed by atoms with Crippen LogP contribution in [0.1, 0.15) is 25.3 Å². The molecule has 3 rings (SSSR count). The molecule has 0 aromatic heterocycles. The number of thioether (sulfide) groups is 1. The standard InChI is InChI=1S/C21H21FN2O3S/c1-3-27-21(25)12-15-11-20(24-18-7-5-4-6-17(18)23-15)28-13-14-8-9-19(26-2)16(22)10-14/h4-10H,3,11-13H2,1-2H3. The van der Waals surface area contributed by atoms with Gasteiger partial charge in [0.25, 0.3) is 0 Å². The van der Waals surface area contributed by atoms with Gasteiger partial charge in [0.05, 0.1) is 36.6 Å². The molecule has 2 aromatic rings. The molecule has 1 aliphatic heterocycles. The lowest BCUT2D eigenvalue weighted by atomic mass is 10.2. The third-order valence-electron chi connectivity index (χ3n) is 4.04. The maximum Gasteiger partial charge on any atom is 0.311 e. The van der Waals surface area contributed by atoms with Crippen LogP contribution in [0.25, 0.3) is 0 Å². The number of carbonyl (C=O) groups excluding carboxylic acids is 1. The molecule has 0 N–H and O–H groups in total. The maximum absolute atomic E-state index is 13.9. The molecular weight excluding hydrogens is 379 g/mol. The molecule has 0 saturated heterocycles. The molecule has 1 aliphatic rings. The predicted octanol–water partition coefficient (Wildman–Crippen LogP) is 5.23. The van der Waals surface area contributed by atoms with Gasteiger partial charge in [-0.25, -0.2) is 9.38 Å². The van der Waals surface area contributed by atoms with Gasteiger partial charge in [-0.1, -0.05) is 18.2 Å². The summed E-state index contributed by atoms with van der Waals surface area (Å²) in [4.78, 5) is 21.2. The number of aliphatic imine (C=N–C) groups is 2. The molecule has 146 valence electrons.